The van der Waals surface area contributed by atoms with E-state index < -0.39 is 6.09 Å². The van der Waals surface area contributed by atoms with Crippen molar-refractivity contribution in [2.24, 2.45) is 16.7 Å². The summed E-state index contributed by atoms with van der Waals surface area (Å²) in [5.74, 6) is 0.750. The number of piperidine rings is 1. The van der Waals surface area contributed by atoms with E-state index in [0.717, 1.165) is 13.1 Å². The molecule has 1 heterocycles. The lowest BCUT2D eigenvalue weighted by Crippen LogP contribution is -2.58. The summed E-state index contributed by atoms with van der Waals surface area (Å²) in [6.45, 7) is 15.1. The Hall–Kier alpha value is -2.04. The Kier molecular flexibility index (Phi) is 4.58. The fourth-order valence-electron chi connectivity index (χ4n) is 6.28. The predicted octanol–water partition coefficient (Wildman–Crippen LogP) is 4.46. The van der Waals surface area contributed by atoms with Crippen molar-refractivity contribution in [3.8, 4) is 0 Å². The number of ether oxygens (including phenoxy) is 1. The van der Waals surface area contributed by atoms with Gasteiger partial charge in [0.05, 0.1) is 7.11 Å². The first-order chi connectivity index (χ1) is 13.8. The van der Waals surface area contributed by atoms with Crippen LogP contribution in [0.15, 0.2) is 24.3 Å². The van der Waals surface area contributed by atoms with E-state index in [-0.39, 0.29) is 33.6 Å². The molecule has 3 atom stereocenters. The summed E-state index contributed by atoms with van der Waals surface area (Å²) in [6.07, 6.45) is 0.940. The Bertz CT molecular complexity index is 865. The van der Waals surface area contributed by atoms with Crippen molar-refractivity contribution in [3.05, 3.63) is 35.4 Å². The van der Waals surface area contributed by atoms with Gasteiger partial charge in [-0.2, -0.15) is 0 Å². The molecule has 0 bridgehead atoms. The Morgan fingerprint density at radius 2 is 1.70 bits per heavy atom. The van der Waals surface area contributed by atoms with Gasteiger partial charge in [0.1, 0.15) is 0 Å². The molecule has 1 aromatic rings. The monoisotopic (exact) mass is 412 g/mol. The van der Waals surface area contributed by atoms with Crippen molar-refractivity contribution in [2.75, 3.05) is 20.2 Å². The molecule has 5 nitrogen and oxygen atoms in total. The molecule has 164 valence electrons. The van der Waals surface area contributed by atoms with Gasteiger partial charge in [0, 0.05) is 35.4 Å². The molecule has 0 radical (unpaired) electrons. The van der Waals surface area contributed by atoms with Crippen LogP contribution in [0.5, 0.6) is 0 Å². The van der Waals surface area contributed by atoms with Gasteiger partial charge in [-0.15, -0.1) is 0 Å². The van der Waals surface area contributed by atoms with E-state index >= 15 is 0 Å². The van der Waals surface area contributed by atoms with Crippen LogP contribution in [-0.4, -0.2) is 42.6 Å². The fraction of sp³-hybridized carbons (Fsp3) is 0.680. The third kappa shape index (κ3) is 3.12. The first-order valence-corrected chi connectivity index (χ1v) is 11.1. The first-order valence-electron chi connectivity index (χ1n) is 11.1. The van der Waals surface area contributed by atoms with Crippen LogP contribution < -0.4 is 5.32 Å². The van der Waals surface area contributed by atoms with Gasteiger partial charge < -0.3 is 15.0 Å². The maximum Gasteiger partial charge on any atom is 0.407 e. The highest BCUT2D eigenvalue weighted by atomic mass is 16.5. The van der Waals surface area contributed by atoms with E-state index in [1.165, 1.54) is 18.2 Å². The molecule has 1 aliphatic heterocycles. The third-order valence-electron chi connectivity index (χ3n) is 8.26. The number of rotatable bonds is 3. The van der Waals surface area contributed by atoms with E-state index in [0.29, 0.717) is 18.8 Å². The average Bonchev–Trinajstić information content (AvgIpc) is 2.96. The maximum atomic E-state index is 13.1. The van der Waals surface area contributed by atoms with Crippen molar-refractivity contribution < 1.29 is 14.3 Å². The highest BCUT2D eigenvalue weighted by Crippen LogP contribution is 2.77. The summed E-state index contributed by atoms with van der Waals surface area (Å²) < 4.78 is 4.70. The highest BCUT2D eigenvalue weighted by Gasteiger charge is 2.75. The zero-order valence-corrected chi connectivity index (χ0v) is 19.5. The summed E-state index contributed by atoms with van der Waals surface area (Å²) in [5, 5.41) is 2.86. The molecular formula is C25H36N2O3. The number of likely N-dealkylation sites (tertiary alicyclic amines) is 1. The number of hydrogen-bond donors (Lipinski definition) is 1. The summed E-state index contributed by atoms with van der Waals surface area (Å²) >= 11 is 0. The molecule has 30 heavy (non-hydrogen) atoms. The highest BCUT2D eigenvalue weighted by molar-refractivity contribution is 5.82. The van der Waals surface area contributed by atoms with Crippen LogP contribution in [0.25, 0.3) is 0 Å². The van der Waals surface area contributed by atoms with E-state index in [9.17, 15) is 9.59 Å². The number of nitrogens with zero attached hydrogens (tertiary/aromatic N) is 1. The minimum absolute atomic E-state index is 0.000440. The lowest BCUT2D eigenvalue weighted by molar-refractivity contribution is -0.140. The second kappa shape index (κ2) is 6.48. The third-order valence-corrected chi connectivity index (χ3v) is 8.26. The first kappa shape index (κ1) is 21.2. The van der Waals surface area contributed by atoms with Crippen molar-refractivity contribution in [1.82, 2.24) is 10.2 Å². The zero-order valence-electron chi connectivity index (χ0n) is 19.5. The zero-order chi connectivity index (χ0) is 22.1. The molecule has 3 aliphatic rings. The number of benzene rings is 1. The normalized spacial score (nSPS) is 37.2. The predicted molar refractivity (Wildman–Crippen MR) is 117 cm³/mol. The molecule has 1 aromatic carbocycles. The quantitative estimate of drug-likeness (QED) is 0.797. The van der Waals surface area contributed by atoms with Crippen LogP contribution in [0.3, 0.4) is 0 Å². The molecule has 1 saturated heterocycles. The molecule has 0 unspecified atom stereocenters. The summed E-state index contributed by atoms with van der Waals surface area (Å²) in [7, 11) is 1.37. The second-order valence-electron chi connectivity index (χ2n) is 11.6. The molecule has 4 rings (SSSR count). The Morgan fingerprint density at radius 1 is 1.10 bits per heavy atom. The van der Waals surface area contributed by atoms with Crippen LogP contribution in [0.2, 0.25) is 0 Å². The summed E-state index contributed by atoms with van der Waals surface area (Å²) in [5.41, 5.74) is 2.86. The van der Waals surface area contributed by atoms with Crippen molar-refractivity contribution in [2.45, 2.75) is 71.3 Å². The smallest absolute Gasteiger partial charge is 0.407 e. The molecule has 0 aromatic heterocycles. The average molecular weight is 413 g/mol. The van der Waals surface area contributed by atoms with Crippen LogP contribution in [0.4, 0.5) is 4.79 Å². The largest absolute Gasteiger partial charge is 0.453 e. The van der Waals surface area contributed by atoms with Gasteiger partial charge in [-0.05, 0) is 42.2 Å². The molecule has 2 saturated carbocycles. The lowest BCUT2D eigenvalue weighted by atomic mass is 9.69. The van der Waals surface area contributed by atoms with Gasteiger partial charge in [-0.3, -0.25) is 4.79 Å². The standard InChI is InChI=1S/C25H36N2O3/c1-22(2,3)18-10-8-9-16(11-18)19-24(5)14-27(15-25(19,24)6)20(28)17-12-23(4,13-17)26-21(29)30-7/h8-11,17,19H,12-15H2,1-7H3,(H,26,29)/t17-,19-,23+,24-,25+. The number of amides is 2. The number of carbonyl (C=O) groups excluding carboxylic acids is 2. The van der Waals surface area contributed by atoms with E-state index in [2.05, 4.69) is 69.1 Å². The maximum absolute atomic E-state index is 13.1. The number of alkyl carbamates (subject to hydrolysis) is 1. The van der Waals surface area contributed by atoms with Gasteiger partial charge in [0.15, 0.2) is 0 Å². The molecular weight excluding hydrogens is 376 g/mol. The molecule has 5 heteroatoms. The van der Waals surface area contributed by atoms with E-state index in [4.69, 9.17) is 4.74 Å². The van der Waals surface area contributed by atoms with E-state index in [1.807, 2.05) is 6.92 Å². The number of carbonyl (C=O) groups is 2. The van der Waals surface area contributed by atoms with Gasteiger partial charge in [-0.25, -0.2) is 4.79 Å². The molecule has 2 aliphatic carbocycles. The lowest BCUT2D eigenvalue weighted by Gasteiger charge is -2.45. The van der Waals surface area contributed by atoms with Crippen molar-refractivity contribution in [3.63, 3.8) is 0 Å². The van der Waals surface area contributed by atoms with Crippen molar-refractivity contribution >= 4 is 12.0 Å². The van der Waals surface area contributed by atoms with Gasteiger partial charge in [0.2, 0.25) is 5.91 Å². The Labute approximate surface area is 180 Å². The van der Waals surface area contributed by atoms with Gasteiger partial charge in [-0.1, -0.05) is 58.9 Å². The van der Waals surface area contributed by atoms with Crippen LogP contribution in [0, 0.1) is 16.7 Å². The number of methoxy groups -OCH3 is 1. The fourth-order valence-corrected chi connectivity index (χ4v) is 6.28. The minimum Gasteiger partial charge on any atom is -0.453 e. The number of hydrogen-bond acceptors (Lipinski definition) is 3. The Morgan fingerprint density at radius 3 is 2.23 bits per heavy atom. The number of fused-ring (bicyclic) bond motifs is 1. The minimum atomic E-state index is -0.425. The van der Waals surface area contributed by atoms with Crippen molar-refractivity contribution in [1.29, 1.82) is 0 Å². The van der Waals surface area contributed by atoms with Gasteiger partial charge in [0.25, 0.3) is 0 Å². The molecule has 1 N–H and O–H groups in total. The van der Waals surface area contributed by atoms with E-state index in [1.54, 1.807) is 0 Å². The summed E-state index contributed by atoms with van der Waals surface area (Å²) in [6, 6.07) is 9.04. The van der Waals surface area contributed by atoms with Gasteiger partial charge >= 0.3 is 6.09 Å². The summed E-state index contributed by atoms with van der Waals surface area (Å²) in [4.78, 5) is 26.7. The van der Waals surface area contributed by atoms with Crippen LogP contribution in [0.1, 0.15) is 71.4 Å². The molecule has 3 fully saturated rings. The van der Waals surface area contributed by atoms with Crippen LogP contribution >= 0.6 is 0 Å². The topological polar surface area (TPSA) is 58.6 Å². The SMILES string of the molecule is COC(=O)N[C@]1(C)C[C@H](C(=O)N2C[C@@]3(C)[C@H](c4cccc(C(C)(C)C)c4)[C@@]3(C)C2)C1. The number of nitrogens with one attached hydrogen (secondary N) is 1. The van der Waals surface area contributed by atoms with Crippen LogP contribution in [-0.2, 0) is 14.9 Å². The second-order valence-corrected chi connectivity index (χ2v) is 11.6. The molecule has 0 spiro atoms. The Balaban J connectivity index is 1.41. The molecule has 2 amide bonds.